The lowest BCUT2D eigenvalue weighted by molar-refractivity contribution is -0.143. The van der Waals surface area contributed by atoms with Crippen LogP contribution in [0.3, 0.4) is 0 Å². The number of imidazole rings is 1. The second-order valence-electron chi connectivity index (χ2n) is 9.07. The second-order valence-corrected chi connectivity index (χ2v) is 9.07. The number of ether oxygens (including phenoxy) is 2. The highest BCUT2D eigenvalue weighted by atomic mass is 16.5. The average molecular weight is 497 g/mol. The molecular formula is C32H36N2O3. The topological polar surface area (TPSA) is 53.4 Å². The van der Waals surface area contributed by atoms with Crippen molar-refractivity contribution in [3.63, 3.8) is 0 Å². The summed E-state index contributed by atoms with van der Waals surface area (Å²) in [6.45, 7) is 3.17. The summed E-state index contributed by atoms with van der Waals surface area (Å²) in [6.07, 6.45) is 5.65. The van der Waals surface area contributed by atoms with Crippen molar-refractivity contribution in [2.75, 3.05) is 13.7 Å². The molecule has 0 spiro atoms. The van der Waals surface area contributed by atoms with E-state index < -0.39 is 0 Å². The van der Waals surface area contributed by atoms with E-state index in [1.807, 2.05) is 31.2 Å². The molecule has 0 amide bonds. The Morgan fingerprint density at radius 3 is 2.03 bits per heavy atom. The van der Waals surface area contributed by atoms with Gasteiger partial charge in [-0.1, -0.05) is 79.9 Å². The van der Waals surface area contributed by atoms with Gasteiger partial charge in [-0.3, -0.25) is 4.79 Å². The summed E-state index contributed by atoms with van der Waals surface area (Å²) in [5.41, 5.74) is 5.46. The number of benzene rings is 3. The van der Waals surface area contributed by atoms with E-state index in [1.54, 1.807) is 7.11 Å². The van der Waals surface area contributed by atoms with Crippen LogP contribution in [0.4, 0.5) is 0 Å². The highest BCUT2D eigenvalue weighted by Gasteiger charge is 2.21. The lowest BCUT2D eigenvalue weighted by Gasteiger charge is -2.14. The summed E-state index contributed by atoms with van der Waals surface area (Å²) >= 11 is 0. The van der Waals surface area contributed by atoms with Gasteiger partial charge in [-0.15, -0.1) is 0 Å². The molecule has 0 aliphatic heterocycles. The molecule has 0 fully saturated rings. The molecule has 4 aromatic rings. The van der Waals surface area contributed by atoms with Gasteiger partial charge in [0, 0.05) is 29.7 Å². The Balaban J connectivity index is 1.61. The number of hydrogen-bond donors (Lipinski definition) is 0. The molecule has 0 N–H and O–H groups in total. The summed E-state index contributed by atoms with van der Waals surface area (Å²) in [7, 11) is 1.68. The van der Waals surface area contributed by atoms with Crippen LogP contribution in [0.5, 0.6) is 5.75 Å². The zero-order valence-corrected chi connectivity index (χ0v) is 21.9. The maximum absolute atomic E-state index is 11.6. The van der Waals surface area contributed by atoms with Crippen molar-refractivity contribution >= 4 is 5.97 Å². The number of methoxy groups -OCH3 is 1. The van der Waals surface area contributed by atoms with E-state index in [1.165, 1.54) is 0 Å². The Kier molecular flexibility index (Phi) is 9.53. The minimum absolute atomic E-state index is 0.0917. The normalized spacial score (nSPS) is 10.9. The molecule has 1 aromatic heterocycles. The Hall–Kier alpha value is -3.86. The molecule has 0 radical (unpaired) electrons. The Morgan fingerprint density at radius 1 is 0.757 bits per heavy atom. The minimum Gasteiger partial charge on any atom is -0.497 e. The zero-order valence-electron chi connectivity index (χ0n) is 21.9. The van der Waals surface area contributed by atoms with Crippen molar-refractivity contribution in [2.45, 2.75) is 52.0 Å². The van der Waals surface area contributed by atoms with E-state index in [0.717, 1.165) is 78.3 Å². The lowest BCUT2D eigenvalue weighted by Crippen LogP contribution is -2.04. The molecular weight excluding hydrogens is 460 g/mol. The van der Waals surface area contributed by atoms with Crippen LogP contribution in [0.15, 0.2) is 84.9 Å². The Morgan fingerprint density at radius 2 is 1.38 bits per heavy atom. The van der Waals surface area contributed by atoms with Crippen LogP contribution >= 0.6 is 0 Å². The third-order valence-corrected chi connectivity index (χ3v) is 6.48. The van der Waals surface area contributed by atoms with Gasteiger partial charge in [0.15, 0.2) is 0 Å². The number of carbonyl (C=O) groups excluding carboxylic acids is 1. The molecule has 5 nitrogen and oxygen atoms in total. The van der Waals surface area contributed by atoms with Gasteiger partial charge in [0.2, 0.25) is 0 Å². The standard InChI is InChI=1S/C32H36N2O3/c1-3-37-29(35)19-13-5-4-6-14-24-34-31(26-17-11-8-12-18-26)30(25-15-9-7-10-16-25)33-32(34)27-20-22-28(36-2)23-21-27/h7-12,15-18,20-23H,3-6,13-14,19,24H2,1-2H3. The fourth-order valence-corrected chi connectivity index (χ4v) is 4.62. The third-order valence-electron chi connectivity index (χ3n) is 6.48. The van der Waals surface area contributed by atoms with E-state index in [4.69, 9.17) is 14.5 Å². The number of aromatic nitrogens is 2. The smallest absolute Gasteiger partial charge is 0.305 e. The summed E-state index contributed by atoms with van der Waals surface area (Å²) in [4.78, 5) is 16.8. The molecule has 192 valence electrons. The number of unbranched alkanes of at least 4 members (excludes halogenated alkanes) is 4. The molecule has 37 heavy (non-hydrogen) atoms. The molecule has 1 heterocycles. The predicted molar refractivity (Wildman–Crippen MR) is 149 cm³/mol. The Labute approximate surface area is 220 Å². The van der Waals surface area contributed by atoms with Gasteiger partial charge in [-0.05, 0) is 44.0 Å². The van der Waals surface area contributed by atoms with Gasteiger partial charge in [0.05, 0.1) is 25.1 Å². The van der Waals surface area contributed by atoms with Crippen LogP contribution in [0.1, 0.15) is 45.4 Å². The van der Waals surface area contributed by atoms with Crippen molar-refractivity contribution in [1.82, 2.24) is 9.55 Å². The van der Waals surface area contributed by atoms with E-state index in [-0.39, 0.29) is 5.97 Å². The van der Waals surface area contributed by atoms with Gasteiger partial charge >= 0.3 is 5.97 Å². The van der Waals surface area contributed by atoms with Crippen LogP contribution < -0.4 is 4.74 Å². The SMILES string of the molecule is CCOC(=O)CCCCCCCn1c(-c2ccc(OC)cc2)nc(-c2ccccc2)c1-c1ccccc1. The number of nitrogens with zero attached hydrogens (tertiary/aromatic N) is 2. The Bertz CT molecular complexity index is 1250. The number of rotatable bonds is 13. The number of esters is 1. The van der Waals surface area contributed by atoms with Crippen molar-refractivity contribution in [3.8, 4) is 39.7 Å². The van der Waals surface area contributed by atoms with E-state index in [0.29, 0.717) is 13.0 Å². The molecule has 4 rings (SSSR count). The van der Waals surface area contributed by atoms with Gasteiger partial charge in [0.25, 0.3) is 0 Å². The van der Waals surface area contributed by atoms with Crippen molar-refractivity contribution in [2.24, 2.45) is 0 Å². The molecule has 0 unspecified atom stereocenters. The average Bonchev–Trinajstić information content (AvgIpc) is 3.33. The van der Waals surface area contributed by atoms with E-state index in [9.17, 15) is 4.79 Å². The quantitative estimate of drug-likeness (QED) is 0.140. The lowest BCUT2D eigenvalue weighted by atomic mass is 10.0. The maximum Gasteiger partial charge on any atom is 0.305 e. The highest BCUT2D eigenvalue weighted by molar-refractivity contribution is 5.82. The molecule has 3 aromatic carbocycles. The number of hydrogen-bond acceptors (Lipinski definition) is 4. The molecule has 0 aliphatic rings. The molecule has 0 bridgehead atoms. The van der Waals surface area contributed by atoms with Crippen molar-refractivity contribution in [3.05, 3.63) is 84.9 Å². The van der Waals surface area contributed by atoms with Crippen LogP contribution in [-0.2, 0) is 16.1 Å². The highest BCUT2D eigenvalue weighted by Crippen LogP contribution is 2.37. The van der Waals surface area contributed by atoms with Gasteiger partial charge < -0.3 is 14.0 Å². The fourth-order valence-electron chi connectivity index (χ4n) is 4.62. The summed E-state index contributed by atoms with van der Waals surface area (Å²) < 4.78 is 12.8. The van der Waals surface area contributed by atoms with Crippen molar-refractivity contribution < 1.29 is 14.3 Å². The molecule has 5 heteroatoms. The van der Waals surface area contributed by atoms with Crippen LogP contribution in [0.25, 0.3) is 33.9 Å². The molecule has 0 saturated heterocycles. The summed E-state index contributed by atoms with van der Waals surface area (Å²) in [5.74, 6) is 1.70. The first-order chi connectivity index (χ1) is 18.2. The van der Waals surface area contributed by atoms with Crippen LogP contribution in [0.2, 0.25) is 0 Å². The van der Waals surface area contributed by atoms with Crippen LogP contribution in [-0.4, -0.2) is 29.2 Å². The minimum atomic E-state index is -0.0917. The third kappa shape index (κ3) is 6.88. The second kappa shape index (κ2) is 13.4. The summed E-state index contributed by atoms with van der Waals surface area (Å²) in [6, 6.07) is 29.1. The predicted octanol–water partition coefficient (Wildman–Crippen LogP) is 7.80. The molecule has 0 atom stereocenters. The first-order valence-corrected chi connectivity index (χ1v) is 13.2. The first kappa shape index (κ1) is 26.2. The fraction of sp³-hybridized carbons (Fsp3) is 0.312. The summed E-state index contributed by atoms with van der Waals surface area (Å²) in [5, 5.41) is 0. The van der Waals surface area contributed by atoms with Gasteiger partial charge in [-0.25, -0.2) is 4.98 Å². The molecule has 0 aliphatic carbocycles. The van der Waals surface area contributed by atoms with Crippen molar-refractivity contribution in [1.29, 1.82) is 0 Å². The maximum atomic E-state index is 11.6. The number of carbonyl (C=O) groups is 1. The molecule has 0 saturated carbocycles. The van der Waals surface area contributed by atoms with Gasteiger partial charge in [0.1, 0.15) is 11.6 Å². The van der Waals surface area contributed by atoms with E-state index in [2.05, 4.69) is 65.2 Å². The van der Waals surface area contributed by atoms with Gasteiger partial charge in [-0.2, -0.15) is 0 Å². The zero-order chi connectivity index (χ0) is 25.9. The largest absolute Gasteiger partial charge is 0.497 e. The first-order valence-electron chi connectivity index (χ1n) is 13.2. The monoisotopic (exact) mass is 496 g/mol. The van der Waals surface area contributed by atoms with E-state index >= 15 is 0 Å². The van der Waals surface area contributed by atoms with Crippen LogP contribution in [0, 0.1) is 0 Å².